The van der Waals surface area contributed by atoms with Crippen molar-refractivity contribution in [2.24, 2.45) is 0 Å². The summed E-state index contributed by atoms with van der Waals surface area (Å²) >= 11 is 0. The molecule has 3 aromatic rings. The van der Waals surface area contributed by atoms with E-state index in [4.69, 9.17) is 0 Å². The van der Waals surface area contributed by atoms with Crippen LogP contribution in [0.5, 0.6) is 0 Å². The van der Waals surface area contributed by atoms with Gasteiger partial charge in [-0.15, -0.1) is 0 Å². The van der Waals surface area contributed by atoms with Crippen molar-refractivity contribution in [1.82, 2.24) is 19.6 Å². The molecule has 26 heavy (non-hydrogen) atoms. The van der Waals surface area contributed by atoms with Crippen LogP contribution in [-0.4, -0.2) is 45.1 Å². The Morgan fingerprint density at radius 1 is 1.08 bits per heavy atom. The Labute approximate surface area is 145 Å². The van der Waals surface area contributed by atoms with Crippen LogP contribution >= 0.6 is 0 Å². The van der Waals surface area contributed by atoms with Gasteiger partial charge in [0.05, 0.1) is 12.7 Å². The second-order valence-electron chi connectivity index (χ2n) is 5.78. The maximum Gasteiger partial charge on any atom is 0.433 e. The molecule has 1 aliphatic heterocycles. The first-order valence-corrected chi connectivity index (χ1v) is 7.81. The molecular weight excluding hydrogens is 349 g/mol. The van der Waals surface area contributed by atoms with Crippen LogP contribution in [0.1, 0.15) is 5.69 Å². The largest absolute Gasteiger partial charge is 0.433 e. The van der Waals surface area contributed by atoms with E-state index in [0.717, 1.165) is 12.3 Å². The topological polar surface area (TPSA) is 66.6 Å². The first-order valence-electron chi connectivity index (χ1n) is 7.81. The van der Waals surface area contributed by atoms with Gasteiger partial charge < -0.3 is 9.80 Å². The molecule has 1 saturated heterocycles. The van der Waals surface area contributed by atoms with Crippen LogP contribution in [0.4, 0.5) is 24.7 Å². The number of anilines is 2. The number of nitrogens with zero attached hydrogens (tertiary/aromatic N) is 6. The number of halogens is 3. The zero-order chi connectivity index (χ0) is 18.3. The first-order chi connectivity index (χ1) is 12.4. The lowest BCUT2D eigenvalue weighted by Crippen LogP contribution is -2.51. The Kier molecular flexibility index (Phi) is 3.74. The van der Waals surface area contributed by atoms with Gasteiger partial charge >= 0.3 is 6.18 Å². The van der Waals surface area contributed by atoms with Gasteiger partial charge in [0.2, 0.25) is 5.91 Å². The van der Waals surface area contributed by atoms with Gasteiger partial charge in [0, 0.05) is 37.2 Å². The van der Waals surface area contributed by atoms with E-state index in [9.17, 15) is 18.0 Å². The lowest BCUT2D eigenvalue weighted by molar-refractivity contribution is -0.141. The summed E-state index contributed by atoms with van der Waals surface area (Å²) in [7, 11) is 0. The van der Waals surface area contributed by atoms with Gasteiger partial charge in [-0.25, -0.2) is 9.50 Å². The summed E-state index contributed by atoms with van der Waals surface area (Å²) in [6.45, 7) is 0.736. The van der Waals surface area contributed by atoms with Crippen LogP contribution in [0, 0.1) is 0 Å². The summed E-state index contributed by atoms with van der Waals surface area (Å²) in [5.74, 6) is 0.322. The molecule has 1 amide bonds. The van der Waals surface area contributed by atoms with Crippen LogP contribution < -0.4 is 9.80 Å². The van der Waals surface area contributed by atoms with Crippen molar-refractivity contribution in [1.29, 1.82) is 0 Å². The van der Waals surface area contributed by atoms with E-state index in [2.05, 4.69) is 15.1 Å². The van der Waals surface area contributed by atoms with Crippen LogP contribution in [0.2, 0.25) is 0 Å². The number of hydrogen-bond acceptors (Lipinski definition) is 5. The predicted octanol–water partition coefficient (Wildman–Crippen LogP) is 2.00. The Balaban J connectivity index is 1.54. The molecule has 0 unspecified atom stereocenters. The highest BCUT2D eigenvalue weighted by atomic mass is 19.4. The highest BCUT2D eigenvalue weighted by Crippen LogP contribution is 2.30. The van der Waals surface area contributed by atoms with Gasteiger partial charge in [0.1, 0.15) is 11.5 Å². The SMILES string of the molecule is O=C1CN(c2ccn3nccc3n2)CCN1c1ccnc(C(F)(F)F)c1. The molecule has 4 heterocycles. The molecule has 4 rings (SSSR count). The summed E-state index contributed by atoms with van der Waals surface area (Å²) in [6, 6.07) is 5.79. The standard InChI is InChI=1S/C16H13F3N6O/c17-16(18,19)12-9-11(1-4-20-12)24-8-7-23(10-15(24)26)13-3-6-25-14(22-13)2-5-21-25/h1-6,9H,7-8,10H2. The number of carbonyl (C=O) groups excluding carboxylic acids is 1. The fourth-order valence-corrected chi connectivity index (χ4v) is 2.86. The van der Waals surface area contributed by atoms with Crippen LogP contribution in [0.3, 0.4) is 0 Å². The second kappa shape index (κ2) is 5.97. The molecule has 10 heteroatoms. The number of amides is 1. The number of pyridine rings is 1. The lowest BCUT2D eigenvalue weighted by Gasteiger charge is -2.35. The van der Waals surface area contributed by atoms with Crippen molar-refractivity contribution in [3.05, 3.63) is 48.5 Å². The number of fused-ring (bicyclic) bond motifs is 1. The molecule has 0 radical (unpaired) electrons. The average molecular weight is 362 g/mol. The smallest absolute Gasteiger partial charge is 0.345 e. The molecule has 7 nitrogen and oxygen atoms in total. The number of piperazine rings is 1. The third-order valence-electron chi connectivity index (χ3n) is 4.13. The van der Waals surface area contributed by atoms with E-state index < -0.39 is 11.9 Å². The molecule has 1 fully saturated rings. The Morgan fingerprint density at radius 2 is 1.92 bits per heavy atom. The summed E-state index contributed by atoms with van der Waals surface area (Å²) in [5, 5.41) is 4.06. The molecule has 0 atom stereocenters. The second-order valence-corrected chi connectivity index (χ2v) is 5.78. The Morgan fingerprint density at radius 3 is 2.69 bits per heavy atom. The monoisotopic (exact) mass is 362 g/mol. The zero-order valence-corrected chi connectivity index (χ0v) is 13.4. The van der Waals surface area contributed by atoms with Crippen molar-refractivity contribution < 1.29 is 18.0 Å². The van der Waals surface area contributed by atoms with Gasteiger partial charge in [-0.05, 0) is 18.2 Å². The fourth-order valence-electron chi connectivity index (χ4n) is 2.86. The van der Waals surface area contributed by atoms with Crippen LogP contribution in [0.25, 0.3) is 5.65 Å². The highest BCUT2D eigenvalue weighted by molar-refractivity contribution is 5.97. The Bertz CT molecular complexity index is 970. The number of alkyl halides is 3. The van der Waals surface area contributed by atoms with E-state index in [1.807, 2.05) is 0 Å². The number of aromatic nitrogens is 4. The van der Waals surface area contributed by atoms with E-state index in [0.29, 0.717) is 18.0 Å². The third-order valence-corrected chi connectivity index (χ3v) is 4.13. The van der Waals surface area contributed by atoms with Crippen LogP contribution in [-0.2, 0) is 11.0 Å². The molecule has 0 saturated carbocycles. The van der Waals surface area contributed by atoms with Gasteiger partial charge in [0.15, 0.2) is 5.65 Å². The minimum absolute atomic E-state index is 0.0288. The maximum absolute atomic E-state index is 12.8. The molecular formula is C16H13F3N6O. The van der Waals surface area contributed by atoms with Crippen molar-refractivity contribution in [3.63, 3.8) is 0 Å². The van der Waals surface area contributed by atoms with Crippen molar-refractivity contribution in [2.75, 3.05) is 29.4 Å². The third kappa shape index (κ3) is 2.93. The molecule has 1 aliphatic rings. The van der Waals surface area contributed by atoms with E-state index in [1.165, 1.54) is 11.0 Å². The zero-order valence-electron chi connectivity index (χ0n) is 13.4. The van der Waals surface area contributed by atoms with Crippen LogP contribution in [0.15, 0.2) is 42.9 Å². The van der Waals surface area contributed by atoms with Crippen molar-refractivity contribution in [3.8, 4) is 0 Å². The van der Waals surface area contributed by atoms with E-state index in [-0.39, 0.29) is 24.7 Å². The first kappa shape index (κ1) is 16.3. The van der Waals surface area contributed by atoms with Gasteiger partial charge in [0.25, 0.3) is 0 Å². The summed E-state index contributed by atoms with van der Waals surface area (Å²) in [6.07, 6.45) is -0.123. The molecule has 0 aliphatic carbocycles. The number of carbonyl (C=O) groups is 1. The summed E-state index contributed by atoms with van der Waals surface area (Å²) < 4.78 is 40.1. The minimum Gasteiger partial charge on any atom is -0.345 e. The quantitative estimate of drug-likeness (QED) is 0.698. The van der Waals surface area contributed by atoms with E-state index in [1.54, 1.807) is 33.9 Å². The number of hydrogen-bond donors (Lipinski definition) is 0. The van der Waals surface area contributed by atoms with Gasteiger partial charge in [-0.2, -0.15) is 18.3 Å². The molecule has 134 valence electrons. The van der Waals surface area contributed by atoms with Gasteiger partial charge in [-0.1, -0.05) is 0 Å². The fraction of sp³-hybridized carbons (Fsp3) is 0.250. The average Bonchev–Trinajstić information content (AvgIpc) is 3.08. The predicted molar refractivity (Wildman–Crippen MR) is 86.8 cm³/mol. The summed E-state index contributed by atoms with van der Waals surface area (Å²) in [5.41, 5.74) is -0.171. The molecule has 0 bridgehead atoms. The minimum atomic E-state index is -4.55. The normalized spacial score (nSPS) is 15.7. The van der Waals surface area contributed by atoms with Gasteiger partial charge in [-0.3, -0.25) is 9.78 Å². The summed E-state index contributed by atoms with van der Waals surface area (Å²) in [4.78, 5) is 23.4. The highest BCUT2D eigenvalue weighted by Gasteiger charge is 2.34. The molecule has 3 aromatic heterocycles. The van der Waals surface area contributed by atoms with Crippen molar-refractivity contribution in [2.45, 2.75) is 6.18 Å². The molecule has 0 aromatic carbocycles. The number of rotatable bonds is 2. The molecule has 0 spiro atoms. The Hall–Kier alpha value is -3.17. The van der Waals surface area contributed by atoms with E-state index >= 15 is 0 Å². The molecule has 0 N–H and O–H groups in total. The lowest BCUT2D eigenvalue weighted by atomic mass is 10.2. The van der Waals surface area contributed by atoms with Crippen molar-refractivity contribution >= 4 is 23.1 Å². The maximum atomic E-state index is 12.8.